The quantitative estimate of drug-likeness (QED) is 0.175. The summed E-state index contributed by atoms with van der Waals surface area (Å²) in [5.74, 6) is 1.82. The smallest absolute Gasteiger partial charge is 0.228 e. The Labute approximate surface area is 305 Å². The average Bonchev–Trinajstić information content (AvgIpc) is 3.61. The molecule has 0 saturated carbocycles. The van der Waals surface area contributed by atoms with Gasteiger partial charge in [-0.2, -0.15) is 0 Å². The van der Waals surface area contributed by atoms with Crippen molar-refractivity contribution in [1.82, 2.24) is 19.9 Å². The molecule has 5 nitrogen and oxygen atoms in total. The van der Waals surface area contributed by atoms with Crippen molar-refractivity contribution >= 4 is 33.0 Å². The molecule has 0 N–H and O–H groups in total. The fraction of sp³-hybridized carbons (Fsp3) is 0. The van der Waals surface area contributed by atoms with Crippen molar-refractivity contribution in [1.29, 1.82) is 0 Å². The van der Waals surface area contributed by atoms with Crippen LogP contribution in [0, 0.1) is 0 Å². The highest BCUT2D eigenvalue weighted by molar-refractivity contribution is 6.18. The van der Waals surface area contributed by atoms with Crippen LogP contribution in [0.3, 0.4) is 0 Å². The second kappa shape index (κ2) is 12.8. The minimum Gasteiger partial charge on any atom is -0.438 e. The van der Waals surface area contributed by atoms with Gasteiger partial charge in [0.1, 0.15) is 5.58 Å². The van der Waals surface area contributed by atoms with Crippen LogP contribution in [0.1, 0.15) is 0 Å². The summed E-state index contributed by atoms with van der Waals surface area (Å²) < 4.78 is 6.30. The van der Waals surface area contributed by atoms with E-state index in [-0.39, 0.29) is 0 Å². The molecule has 0 aliphatic carbocycles. The molecule has 248 valence electrons. The van der Waals surface area contributed by atoms with Gasteiger partial charge in [-0.25, -0.2) is 19.9 Å². The van der Waals surface area contributed by atoms with Gasteiger partial charge in [0.15, 0.2) is 17.5 Å². The highest BCUT2D eigenvalue weighted by atomic mass is 16.3. The minimum atomic E-state index is 0.595. The molecule has 10 rings (SSSR count). The molecule has 0 aliphatic rings. The zero-order valence-corrected chi connectivity index (χ0v) is 28.5. The van der Waals surface area contributed by atoms with E-state index >= 15 is 0 Å². The van der Waals surface area contributed by atoms with Crippen molar-refractivity contribution in [2.24, 2.45) is 0 Å². The van der Waals surface area contributed by atoms with Gasteiger partial charge in [-0.15, -0.1) is 0 Å². The summed E-state index contributed by atoms with van der Waals surface area (Å²) in [4.78, 5) is 20.2. The van der Waals surface area contributed by atoms with Gasteiger partial charge >= 0.3 is 0 Å². The molecule has 0 unspecified atom stereocenters. The number of rotatable bonds is 6. The number of fused-ring (bicyclic) bond motifs is 4. The zero-order chi connectivity index (χ0) is 35.1. The van der Waals surface area contributed by atoms with Crippen LogP contribution in [0.2, 0.25) is 0 Å². The molecular weight excluding hydrogens is 649 g/mol. The Hall–Kier alpha value is -7.24. The van der Waals surface area contributed by atoms with E-state index in [1.54, 1.807) is 0 Å². The zero-order valence-electron chi connectivity index (χ0n) is 28.5. The number of benzene rings is 7. The fourth-order valence-corrected chi connectivity index (χ4v) is 7.14. The lowest BCUT2D eigenvalue weighted by atomic mass is 9.95. The summed E-state index contributed by atoms with van der Waals surface area (Å²) in [5.41, 5.74) is 11.7. The molecular formula is C48H30N4O. The van der Waals surface area contributed by atoms with Gasteiger partial charge in [-0.3, -0.25) is 0 Å². The van der Waals surface area contributed by atoms with E-state index in [1.807, 2.05) is 42.5 Å². The van der Waals surface area contributed by atoms with Gasteiger partial charge in [-0.05, 0) is 46.0 Å². The molecule has 3 aromatic heterocycles. The highest BCUT2D eigenvalue weighted by Gasteiger charge is 2.19. The first-order valence-corrected chi connectivity index (χ1v) is 17.6. The van der Waals surface area contributed by atoms with E-state index in [9.17, 15) is 0 Å². The first-order chi connectivity index (χ1) is 26.2. The molecule has 0 radical (unpaired) electrons. The van der Waals surface area contributed by atoms with Crippen LogP contribution in [0.4, 0.5) is 0 Å². The number of furan rings is 1. The molecule has 0 aliphatic heterocycles. The number of pyridine rings is 1. The lowest BCUT2D eigenvalue weighted by Gasteiger charge is -2.12. The van der Waals surface area contributed by atoms with Crippen LogP contribution in [0.15, 0.2) is 186 Å². The molecule has 10 aromatic rings. The van der Waals surface area contributed by atoms with Crippen molar-refractivity contribution in [2.75, 3.05) is 0 Å². The van der Waals surface area contributed by atoms with Gasteiger partial charge in [0.05, 0.1) is 10.9 Å². The predicted octanol–water partition coefficient (Wildman–Crippen LogP) is 12.3. The molecule has 5 heteroatoms. The standard InChI is InChI=1S/C48H30N4O/c1-3-12-31(13-4-1)33-22-26-35(27-23-33)45-50-46(36-28-24-34(25-29-36)32-14-5-2-6-15-32)52-47(51-45)38-17-11-16-37(30-38)43-39-18-7-9-20-41(39)49-48-44(43)40-19-8-10-21-42(40)53-48/h1-30H. The third kappa shape index (κ3) is 5.61. The van der Waals surface area contributed by atoms with Crippen molar-refractivity contribution in [3.8, 4) is 67.5 Å². The van der Waals surface area contributed by atoms with Crippen LogP contribution in [0.25, 0.3) is 101 Å². The van der Waals surface area contributed by atoms with Gasteiger partial charge in [0.25, 0.3) is 0 Å². The molecule has 3 heterocycles. The Morgan fingerprint density at radius 3 is 1.40 bits per heavy atom. The number of hydrogen-bond donors (Lipinski definition) is 0. The van der Waals surface area contributed by atoms with Crippen LogP contribution >= 0.6 is 0 Å². The number of hydrogen-bond acceptors (Lipinski definition) is 5. The van der Waals surface area contributed by atoms with Crippen molar-refractivity contribution in [3.63, 3.8) is 0 Å². The first kappa shape index (κ1) is 30.6. The maximum Gasteiger partial charge on any atom is 0.228 e. The largest absolute Gasteiger partial charge is 0.438 e. The molecule has 0 saturated heterocycles. The Balaban J connectivity index is 1.13. The van der Waals surface area contributed by atoms with E-state index in [4.69, 9.17) is 24.4 Å². The topological polar surface area (TPSA) is 64.7 Å². The summed E-state index contributed by atoms with van der Waals surface area (Å²) in [6.45, 7) is 0. The van der Waals surface area contributed by atoms with E-state index < -0.39 is 0 Å². The summed E-state index contributed by atoms with van der Waals surface area (Å²) in [6.07, 6.45) is 0. The first-order valence-electron chi connectivity index (χ1n) is 17.6. The number of para-hydroxylation sites is 2. The monoisotopic (exact) mass is 678 g/mol. The van der Waals surface area contributed by atoms with E-state index in [1.165, 1.54) is 0 Å². The van der Waals surface area contributed by atoms with Gasteiger partial charge in [0.2, 0.25) is 5.71 Å². The van der Waals surface area contributed by atoms with Crippen LogP contribution in [-0.2, 0) is 0 Å². The average molecular weight is 679 g/mol. The number of aromatic nitrogens is 4. The van der Waals surface area contributed by atoms with Crippen LogP contribution in [0.5, 0.6) is 0 Å². The molecule has 0 spiro atoms. The molecule has 53 heavy (non-hydrogen) atoms. The Morgan fingerprint density at radius 2 is 0.774 bits per heavy atom. The summed E-state index contributed by atoms with van der Waals surface area (Å²) in [5, 5.41) is 3.08. The van der Waals surface area contributed by atoms with Gasteiger partial charge in [0, 0.05) is 33.0 Å². The summed E-state index contributed by atoms with van der Waals surface area (Å²) >= 11 is 0. The third-order valence-corrected chi connectivity index (χ3v) is 9.77. The maximum atomic E-state index is 6.30. The molecule has 0 fully saturated rings. The summed E-state index contributed by atoms with van der Waals surface area (Å²) in [6, 6.07) is 62.4. The summed E-state index contributed by atoms with van der Waals surface area (Å²) in [7, 11) is 0. The van der Waals surface area contributed by atoms with Crippen molar-refractivity contribution in [3.05, 3.63) is 182 Å². The molecule has 0 bridgehead atoms. The molecule has 0 amide bonds. The molecule has 7 aromatic carbocycles. The second-order valence-electron chi connectivity index (χ2n) is 13.1. The normalized spacial score (nSPS) is 11.4. The lowest BCUT2D eigenvalue weighted by molar-refractivity contribution is 0.656. The lowest BCUT2D eigenvalue weighted by Crippen LogP contribution is -2.00. The van der Waals surface area contributed by atoms with Crippen molar-refractivity contribution in [2.45, 2.75) is 0 Å². The van der Waals surface area contributed by atoms with E-state index in [0.717, 1.165) is 77.3 Å². The minimum absolute atomic E-state index is 0.595. The second-order valence-corrected chi connectivity index (χ2v) is 13.1. The van der Waals surface area contributed by atoms with Gasteiger partial charge < -0.3 is 4.42 Å². The fourth-order valence-electron chi connectivity index (χ4n) is 7.14. The maximum absolute atomic E-state index is 6.30. The van der Waals surface area contributed by atoms with E-state index in [0.29, 0.717) is 23.2 Å². The van der Waals surface area contributed by atoms with E-state index in [2.05, 4.69) is 140 Å². The Bertz CT molecular complexity index is 2820. The van der Waals surface area contributed by atoms with Crippen LogP contribution in [-0.4, -0.2) is 19.9 Å². The SMILES string of the molecule is c1ccc(-c2ccc(-c3nc(-c4ccc(-c5ccccc5)cc4)nc(-c4cccc(-c5c6ccccc6nc6oc7ccccc7c56)c4)n3)cc2)cc1. The molecule has 0 atom stereocenters. The van der Waals surface area contributed by atoms with Crippen LogP contribution < -0.4 is 0 Å². The Morgan fingerprint density at radius 1 is 0.321 bits per heavy atom. The number of nitrogens with zero attached hydrogens (tertiary/aromatic N) is 4. The Kier molecular flexibility index (Phi) is 7.40. The highest BCUT2D eigenvalue weighted by Crippen LogP contribution is 2.41. The van der Waals surface area contributed by atoms with Crippen molar-refractivity contribution < 1.29 is 4.42 Å². The third-order valence-electron chi connectivity index (χ3n) is 9.77. The predicted molar refractivity (Wildman–Crippen MR) is 215 cm³/mol. The van der Waals surface area contributed by atoms with Gasteiger partial charge in [-0.1, -0.05) is 164 Å².